The van der Waals surface area contributed by atoms with Crippen molar-refractivity contribution >= 4 is 5.91 Å². The summed E-state index contributed by atoms with van der Waals surface area (Å²) in [5.74, 6) is 1.22. The van der Waals surface area contributed by atoms with Crippen molar-refractivity contribution < 1.29 is 4.79 Å². The molecule has 1 amide bonds. The zero-order valence-corrected chi connectivity index (χ0v) is 12.0. The molecular formula is C14H27N3O. The van der Waals surface area contributed by atoms with Gasteiger partial charge in [0.05, 0.1) is 5.92 Å². The minimum atomic E-state index is 0.205. The number of hydrogen-bond donors (Lipinski definition) is 1. The summed E-state index contributed by atoms with van der Waals surface area (Å²) in [7, 11) is 4.18. The maximum absolute atomic E-state index is 12.6. The summed E-state index contributed by atoms with van der Waals surface area (Å²) >= 11 is 0. The van der Waals surface area contributed by atoms with E-state index in [-0.39, 0.29) is 5.92 Å². The lowest BCUT2D eigenvalue weighted by atomic mass is 9.90. The van der Waals surface area contributed by atoms with E-state index in [1.165, 1.54) is 12.8 Å². The topological polar surface area (TPSA) is 35.6 Å². The second-order valence-corrected chi connectivity index (χ2v) is 6.29. The van der Waals surface area contributed by atoms with Crippen LogP contribution in [-0.2, 0) is 4.79 Å². The first-order valence-corrected chi connectivity index (χ1v) is 7.24. The van der Waals surface area contributed by atoms with E-state index >= 15 is 0 Å². The molecule has 0 saturated carbocycles. The SMILES string of the molecule is CC1CNCC(C(=O)N2CCCC2CN(C)C)C1. The summed E-state index contributed by atoms with van der Waals surface area (Å²) in [4.78, 5) is 16.9. The van der Waals surface area contributed by atoms with Gasteiger partial charge in [-0.1, -0.05) is 6.92 Å². The number of carbonyl (C=O) groups is 1. The molecule has 4 heteroatoms. The van der Waals surface area contributed by atoms with Gasteiger partial charge in [-0.05, 0) is 45.8 Å². The predicted molar refractivity (Wildman–Crippen MR) is 73.4 cm³/mol. The van der Waals surface area contributed by atoms with Crippen LogP contribution in [0.15, 0.2) is 0 Å². The Labute approximate surface area is 111 Å². The Morgan fingerprint density at radius 2 is 2.17 bits per heavy atom. The molecule has 18 heavy (non-hydrogen) atoms. The van der Waals surface area contributed by atoms with Crippen LogP contribution in [0, 0.1) is 11.8 Å². The van der Waals surface area contributed by atoms with E-state index < -0.39 is 0 Å². The Morgan fingerprint density at radius 1 is 1.39 bits per heavy atom. The number of rotatable bonds is 3. The van der Waals surface area contributed by atoms with E-state index in [1.54, 1.807) is 0 Å². The Balaban J connectivity index is 1.94. The fourth-order valence-corrected chi connectivity index (χ4v) is 3.32. The van der Waals surface area contributed by atoms with Gasteiger partial charge in [0.2, 0.25) is 5.91 Å². The number of likely N-dealkylation sites (tertiary alicyclic amines) is 1. The summed E-state index contributed by atoms with van der Waals surface area (Å²) in [6.45, 7) is 6.12. The zero-order valence-electron chi connectivity index (χ0n) is 12.0. The lowest BCUT2D eigenvalue weighted by molar-refractivity contribution is -0.137. The fourth-order valence-electron chi connectivity index (χ4n) is 3.32. The van der Waals surface area contributed by atoms with Crippen LogP contribution in [-0.4, -0.2) is 62.0 Å². The highest BCUT2D eigenvalue weighted by atomic mass is 16.2. The van der Waals surface area contributed by atoms with Crippen LogP contribution in [0.25, 0.3) is 0 Å². The minimum absolute atomic E-state index is 0.205. The Bertz CT molecular complexity index is 293. The van der Waals surface area contributed by atoms with Crippen LogP contribution in [0.2, 0.25) is 0 Å². The molecule has 0 aromatic carbocycles. The number of carbonyl (C=O) groups excluding carboxylic acids is 1. The molecule has 2 aliphatic rings. The Kier molecular flexibility index (Phi) is 4.62. The minimum Gasteiger partial charge on any atom is -0.338 e. The number of nitrogens with zero attached hydrogens (tertiary/aromatic N) is 2. The third-order valence-electron chi connectivity index (χ3n) is 4.16. The molecular weight excluding hydrogens is 226 g/mol. The maximum Gasteiger partial charge on any atom is 0.227 e. The van der Waals surface area contributed by atoms with Gasteiger partial charge in [-0.15, -0.1) is 0 Å². The predicted octanol–water partition coefficient (Wildman–Crippen LogP) is 0.785. The number of likely N-dealkylation sites (N-methyl/N-ethyl adjacent to an activating group) is 1. The number of piperidine rings is 1. The Hall–Kier alpha value is -0.610. The number of hydrogen-bond acceptors (Lipinski definition) is 3. The first-order valence-electron chi connectivity index (χ1n) is 7.24. The summed E-state index contributed by atoms with van der Waals surface area (Å²) < 4.78 is 0. The van der Waals surface area contributed by atoms with Crippen molar-refractivity contribution in [2.75, 3.05) is 40.3 Å². The van der Waals surface area contributed by atoms with Gasteiger partial charge in [0.1, 0.15) is 0 Å². The van der Waals surface area contributed by atoms with Gasteiger partial charge in [-0.2, -0.15) is 0 Å². The average Bonchev–Trinajstić information content (AvgIpc) is 2.75. The molecule has 0 aromatic rings. The fraction of sp³-hybridized carbons (Fsp3) is 0.929. The first-order chi connectivity index (χ1) is 8.58. The summed E-state index contributed by atoms with van der Waals surface area (Å²) in [5, 5.41) is 3.39. The van der Waals surface area contributed by atoms with Crippen molar-refractivity contribution in [1.82, 2.24) is 15.1 Å². The van der Waals surface area contributed by atoms with Gasteiger partial charge in [-0.25, -0.2) is 0 Å². The second-order valence-electron chi connectivity index (χ2n) is 6.29. The van der Waals surface area contributed by atoms with Crippen molar-refractivity contribution in [3.63, 3.8) is 0 Å². The van der Waals surface area contributed by atoms with Crippen molar-refractivity contribution in [3.8, 4) is 0 Å². The Morgan fingerprint density at radius 3 is 2.83 bits per heavy atom. The van der Waals surface area contributed by atoms with Crippen molar-refractivity contribution in [1.29, 1.82) is 0 Å². The van der Waals surface area contributed by atoms with E-state index in [0.29, 0.717) is 17.9 Å². The molecule has 4 nitrogen and oxygen atoms in total. The van der Waals surface area contributed by atoms with Crippen LogP contribution >= 0.6 is 0 Å². The lowest BCUT2D eigenvalue weighted by Gasteiger charge is -2.33. The van der Waals surface area contributed by atoms with Crippen molar-refractivity contribution in [3.05, 3.63) is 0 Å². The largest absolute Gasteiger partial charge is 0.338 e. The first kappa shape index (κ1) is 13.8. The van der Waals surface area contributed by atoms with E-state index in [0.717, 1.165) is 32.6 Å². The third-order valence-corrected chi connectivity index (χ3v) is 4.16. The van der Waals surface area contributed by atoms with Crippen LogP contribution in [0.1, 0.15) is 26.2 Å². The molecule has 0 radical (unpaired) electrons. The molecule has 0 aliphatic carbocycles. The smallest absolute Gasteiger partial charge is 0.227 e. The van der Waals surface area contributed by atoms with E-state index in [2.05, 4.69) is 36.1 Å². The van der Waals surface area contributed by atoms with Crippen LogP contribution in [0.5, 0.6) is 0 Å². The molecule has 104 valence electrons. The highest BCUT2D eigenvalue weighted by Gasteiger charge is 2.34. The standard InChI is InChI=1S/C14H27N3O/c1-11-7-12(9-15-8-11)14(18)17-6-4-5-13(17)10-16(2)3/h11-13,15H,4-10H2,1-3H3. The molecule has 2 fully saturated rings. The molecule has 0 aromatic heterocycles. The molecule has 0 bridgehead atoms. The van der Waals surface area contributed by atoms with Crippen LogP contribution in [0.4, 0.5) is 0 Å². The van der Waals surface area contributed by atoms with Gasteiger partial charge in [0.25, 0.3) is 0 Å². The average molecular weight is 253 g/mol. The van der Waals surface area contributed by atoms with Gasteiger partial charge in [0, 0.05) is 25.7 Å². The molecule has 2 rings (SSSR count). The zero-order chi connectivity index (χ0) is 13.1. The van der Waals surface area contributed by atoms with Gasteiger partial charge in [0.15, 0.2) is 0 Å². The third kappa shape index (κ3) is 3.23. The molecule has 2 heterocycles. The van der Waals surface area contributed by atoms with Crippen LogP contribution < -0.4 is 5.32 Å². The molecule has 3 atom stereocenters. The monoisotopic (exact) mass is 253 g/mol. The molecule has 2 saturated heterocycles. The van der Waals surface area contributed by atoms with Gasteiger partial charge in [-0.3, -0.25) is 4.79 Å². The van der Waals surface area contributed by atoms with Crippen molar-refractivity contribution in [2.45, 2.75) is 32.2 Å². The number of amides is 1. The van der Waals surface area contributed by atoms with Gasteiger partial charge < -0.3 is 15.1 Å². The van der Waals surface area contributed by atoms with E-state index in [9.17, 15) is 4.79 Å². The molecule has 0 spiro atoms. The van der Waals surface area contributed by atoms with E-state index in [1.807, 2.05) is 0 Å². The van der Waals surface area contributed by atoms with Crippen LogP contribution in [0.3, 0.4) is 0 Å². The molecule has 3 unspecified atom stereocenters. The quantitative estimate of drug-likeness (QED) is 0.807. The second kappa shape index (κ2) is 6.02. The van der Waals surface area contributed by atoms with E-state index in [4.69, 9.17) is 0 Å². The highest BCUT2D eigenvalue weighted by molar-refractivity contribution is 5.79. The van der Waals surface area contributed by atoms with Gasteiger partial charge >= 0.3 is 0 Å². The molecule has 2 aliphatic heterocycles. The highest BCUT2D eigenvalue weighted by Crippen LogP contribution is 2.24. The summed E-state index contributed by atoms with van der Waals surface area (Å²) in [6.07, 6.45) is 3.39. The maximum atomic E-state index is 12.6. The summed E-state index contributed by atoms with van der Waals surface area (Å²) in [5.41, 5.74) is 0. The number of nitrogens with one attached hydrogen (secondary N) is 1. The normalized spacial score (nSPS) is 33.1. The lowest BCUT2D eigenvalue weighted by Crippen LogP contribution is -2.48. The van der Waals surface area contributed by atoms with Crippen molar-refractivity contribution in [2.24, 2.45) is 11.8 Å². The molecule has 1 N–H and O–H groups in total. The summed E-state index contributed by atoms with van der Waals surface area (Å²) in [6, 6.07) is 0.435.